The van der Waals surface area contributed by atoms with Gasteiger partial charge in [0.15, 0.2) is 5.82 Å². The van der Waals surface area contributed by atoms with E-state index < -0.39 is 11.5 Å². The van der Waals surface area contributed by atoms with Crippen LogP contribution in [-0.2, 0) is 4.79 Å². The first-order chi connectivity index (χ1) is 17.1. The van der Waals surface area contributed by atoms with Crippen LogP contribution in [-0.4, -0.2) is 46.6 Å². The number of nitrogens with one attached hydrogen (secondary N) is 2. The van der Waals surface area contributed by atoms with E-state index >= 15 is 4.39 Å². The van der Waals surface area contributed by atoms with Crippen molar-refractivity contribution in [2.45, 2.75) is 24.9 Å². The fourth-order valence-electron chi connectivity index (χ4n) is 4.84. The standard InChI is InChI=1S/C26H22FN5O3/c1-2-16-5-3-6-17-11-20(35-15-33)12-21(22(16)17)24-23(27)25(31-26(34)29-10-4-9-28-24)32-13-18-7-8-19(14-32)30-18/h1,3-6,9-12,15,18-19,30H,7-8,13-14H2,(H,29,31,34). The van der Waals surface area contributed by atoms with Gasteiger partial charge in [-0.05, 0) is 42.5 Å². The van der Waals surface area contributed by atoms with Gasteiger partial charge in [0, 0.05) is 54.1 Å². The number of carbonyl (C=O) groups is 1. The van der Waals surface area contributed by atoms with Gasteiger partial charge in [-0.3, -0.25) is 14.8 Å². The average Bonchev–Trinajstić information content (AvgIpc) is 3.20. The summed E-state index contributed by atoms with van der Waals surface area (Å²) in [5.74, 6) is 2.10. The molecule has 1 aromatic heterocycles. The molecule has 3 heterocycles. The van der Waals surface area contributed by atoms with Crippen molar-refractivity contribution in [3.63, 3.8) is 0 Å². The number of hydrogen-bond acceptors (Lipinski definition) is 7. The molecule has 2 N–H and O–H groups in total. The molecule has 2 aromatic carbocycles. The maximum atomic E-state index is 16.5. The highest BCUT2D eigenvalue weighted by molar-refractivity contribution is 6.01. The summed E-state index contributed by atoms with van der Waals surface area (Å²) in [4.78, 5) is 36.1. The number of rotatable bonds is 4. The van der Waals surface area contributed by atoms with Crippen LogP contribution in [0.5, 0.6) is 5.75 Å². The lowest BCUT2D eigenvalue weighted by atomic mass is 9.96. The van der Waals surface area contributed by atoms with E-state index in [1.54, 1.807) is 24.3 Å². The Morgan fingerprint density at radius 2 is 1.91 bits per heavy atom. The van der Waals surface area contributed by atoms with Crippen molar-refractivity contribution in [3.05, 3.63) is 70.7 Å². The highest BCUT2D eigenvalue weighted by atomic mass is 19.1. The zero-order chi connectivity index (χ0) is 24.4. The Kier molecular flexibility index (Phi) is 6.12. The van der Waals surface area contributed by atoms with E-state index in [1.807, 2.05) is 4.90 Å². The molecule has 2 fully saturated rings. The lowest BCUT2D eigenvalue weighted by Gasteiger charge is -2.34. The van der Waals surface area contributed by atoms with Crippen molar-refractivity contribution in [1.29, 1.82) is 0 Å². The van der Waals surface area contributed by atoms with Crippen molar-refractivity contribution in [3.8, 4) is 29.4 Å². The quantitative estimate of drug-likeness (QED) is 0.446. The fourth-order valence-corrected chi connectivity index (χ4v) is 4.84. The van der Waals surface area contributed by atoms with Gasteiger partial charge in [-0.25, -0.2) is 14.2 Å². The Morgan fingerprint density at radius 3 is 2.66 bits per heavy atom. The van der Waals surface area contributed by atoms with Crippen LogP contribution in [0.15, 0.2) is 53.6 Å². The minimum Gasteiger partial charge on any atom is -0.429 e. The molecule has 2 aliphatic heterocycles. The highest BCUT2D eigenvalue weighted by Crippen LogP contribution is 2.37. The number of H-pyrrole nitrogens is 1. The molecule has 35 heavy (non-hydrogen) atoms. The predicted molar refractivity (Wildman–Crippen MR) is 130 cm³/mol. The average molecular weight is 471 g/mol. The summed E-state index contributed by atoms with van der Waals surface area (Å²) in [6, 6.07) is 10.3. The molecule has 0 spiro atoms. The molecule has 2 atom stereocenters. The SMILES string of the molecule is C#Cc1cccc2cc(OC=O)cc(-c3ncccnc(=O)[nH]c(N4CC5CCC(C4)N5)c3F)c12. The van der Waals surface area contributed by atoms with Crippen LogP contribution >= 0.6 is 0 Å². The first-order valence-corrected chi connectivity index (χ1v) is 11.2. The molecule has 9 heteroatoms. The largest absolute Gasteiger partial charge is 0.429 e. The lowest BCUT2D eigenvalue weighted by molar-refractivity contribution is -0.120. The zero-order valence-electron chi connectivity index (χ0n) is 18.7. The minimum absolute atomic E-state index is 0.00681. The van der Waals surface area contributed by atoms with E-state index in [4.69, 9.17) is 11.2 Å². The summed E-state index contributed by atoms with van der Waals surface area (Å²) < 4.78 is 21.6. The van der Waals surface area contributed by atoms with Crippen LogP contribution in [0.2, 0.25) is 0 Å². The van der Waals surface area contributed by atoms with E-state index in [9.17, 15) is 9.59 Å². The van der Waals surface area contributed by atoms with Crippen molar-refractivity contribution < 1.29 is 13.9 Å². The van der Waals surface area contributed by atoms with Gasteiger partial charge in [-0.1, -0.05) is 18.1 Å². The highest BCUT2D eigenvalue weighted by Gasteiger charge is 2.34. The van der Waals surface area contributed by atoms with Gasteiger partial charge >= 0.3 is 5.69 Å². The number of carbonyl (C=O) groups excluding carboxylic acids is 1. The van der Waals surface area contributed by atoms with Crippen LogP contribution in [0.1, 0.15) is 18.4 Å². The number of ether oxygens (including phenoxy) is 1. The number of aromatic amines is 1. The Balaban J connectivity index is 1.83. The molecule has 2 unspecified atom stereocenters. The first-order valence-electron chi connectivity index (χ1n) is 11.2. The van der Waals surface area contributed by atoms with Gasteiger partial charge in [0.05, 0.1) is 0 Å². The molecule has 176 valence electrons. The molecule has 5 rings (SSSR count). The molecule has 2 saturated heterocycles. The monoisotopic (exact) mass is 471 g/mol. The van der Waals surface area contributed by atoms with Gasteiger partial charge in [0.25, 0.3) is 6.47 Å². The summed E-state index contributed by atoms with van der Waals surface area (Å²) in [5, 5.41) is 4.73. The smallest absolute Gasteiger partial charge is 0.346 e. The Morgan fingerprint density at radius 1 is 1.14 bits per heavy atom. The zero-order valence-corrected chi connectivity index (χ0v) is 18.7. The number of nitrogens with zero attached hydrogens (tertiary/aromatic N) is 3. The number of hydrogen-bond donors (Lipinski definition) is 2. The van der Waals surface area contributed by atoms with Crippen LogP contribution < -0.4 is 20.6 Å². The van der Waals surface area contributed by atoms with Crippen molar-refractivity contribution in [2.24, 2.45) is 0 Å². The van der Waals surface area contributed by atoms with Crippen LogP contribution in [0.3, 0.4) is 0 Å². The fraction of sp³-hybridized carbons (Fsp3) is 0.231. The number of terminal acetylenes is 1. The van der Waals surface area contributed by atoms with E-state index in [0.717, 1.165) is 12.8 Å². The molecular weight excluding hydrogens is 449 g/mol. The molecule has 0 radical (unpaired) electrons. The number of halogens is 1. The number of piperazine rings is 1. The normalized spacial score (nSPS) is 18.6. The second-order valence-electron chi connectivity index (χ2n) is 8.47. The third-order valence-electron chi connectivity index (χ3n) is 6.29. The molecular formula is C26H22FN5O3. The Labute approximate surface area is 200 Å². The number of anilines is 1. The van der Waals surface area contributed by atoms with Gasteiger partial charge in [0.1, 0.15) is 17.3 Å². The van der Waals surface area contributed by atoms with Gasteiger partial charge < -0.3 is 15.0 Å². The molecule has 0 saturated carbocycles. The van der Waals surface area contributed by atoms with E-state index in [1.165, 1.54) is 24.5 Å². The molecule has 2 bridgehead atoms. The van der Waals surface area contributed by atoms with Crippen molar-refractivity contribution in [1.82, 2.24) is 20.3 Å². The Bertz CT molecular complexity index is 1450. The summed E-state index contributed by atoms with van der Waals surface area (Å²) >= 11 is 0. The maximum absolute atomic E-state index is 16.5. The summed E-state index contributed by atoms with van der Waals surface area (Å²) in [5.41, 5.74) is 0.109. The predicted octanol–water partition coefficient (Wildman–Crippen LogP) is 2.71. The number of fused-ring (bicyclic) bond motifs is 3. The van der Waals surface area contributed by atoms with Crippen LogP contribution in [0.25, 0.3) is 22.0 Å². The number of aromatic nitrogens is 3. The minimum atomic E-state index is -0.738. The lowest BCUT2D eigenvalue weighted by Crippen LogP contribution is -2.51. The van der Waals surface area contributed by atoms with Gasteiger partial charge in [-0.2, -0.15) is 0 Å². The maximum Gasteiger partial charge on any atom is 0.346 e. The van der Waals surface area contributed by atoms with Crippen molar-refractivity contribution in [2.75, 3.05) is 18.0 Å². The second-order valence-corrected chi connectivity index (χ2v) is 8.47. The summed E-state index contributed by atoms with van der Waals surface area (Å²) in [6.45, 7) is 1.35. The van der Waals surface area contributed by atoms with E-state index in [0.29, 0.717) is 41.5 Å². The van der Waals surface area contributed by atoms with Crippen LogP contribution in [0, 0.1) is 18.2 Å². The third kappa shape index (κ3) is 4.44. The molecule has 0 amide bonds. The van der Waals surface area contributed by atoms with E-state index in [-0.39, 0.29) is 29.3 Å². The van der Waals surface area contributed by atoms with E-state index in [2.05, 4.69) is 26.2 Å². The molecule has 8 nitrogen and oxygen atoms in total. The van der Waals surface area contributed by atoms with Crippen LogP contribution in [0.4, 0.5) is 10.2 Å². The number of benzene rings is 2. The molecule has 3 aromatic rings. The molecule has 2 aliphatic rings. The summed E-state index contributed by atoms with van der Waals surface area (Å²) in [7, 11) is 0. The topological polar surface area (TPSA) is 100 Å². The Hall–Kier alpha value is -4.29. The van der Waals surface area contributed by atoms with Gasteiger partial charge in [-0.15, -0.1) is 6.42 Å². The summed E-state index contributed by atoms with van der Waals surface area (Å²) in [6.07, 6.45) is 10.4. The second kappa shape index (κ2) is 9.52. The van der Waals surface area contributed by atoms with Crippen molar-refractivity contribution >= 4 is 23.1 Å². The molecule has 0 aliphatic carbocycles. The van der Waals surface area contributed by atoms with Gasteiger partial charge in [0.2, 0.25) is 0 Å². The first kappa shape index (κ1) is 22.5. The third-order valence-corrected chi connectivity index (χ3v) is 6.29.